The number of nitrogens with one attached hydrogen (secondary N) is 2. The van der Waals surface area contributed by atoms with Gasteiger partial charge in [0.1, 0.15) is 0 Å². The van der Waals surface area contributed by atoms with Gasteiger partial charge in [0.15, 0.2) is 17.0 Å². The molecule has 0 bridgehead atoms. The molecule has 2 fully saturated rings. The van der Waals surface area contributed by atoms with E-state index in [1.54, 1.807) is 0 Å². The number of nitrogens with two attached hydrogens (primary N) is 1. The monoisotopic (exact) mass is 491 g/mol. The van der Waals surface area contributed by atoms with Gasteiger partial charge in [0.05, 0.1) is 12.4 Å². The molecule has 4 N–H and O–H groups in total. The van der Waals surface area contributed by atoms with Crippen LogP contribution >= 0.6 is 24.8 Å². The second kappa shape index (κ2) is 11.4. The van der Waals surface area contributed by atoms with Crippen LogP contribution in [0.25, 0.3) is 11.2 Å². The first-order valence-corrected chi connectivity index (χ1v) is 11.8. The number of imidazole rings is 1. The predicted molar refractivity (Wildman–Crippen MR) is 140 cm³/mol. The molecule has 1 atom stereocenters. The van der Waals surface area contributed by atoms with Crippen LogP contribution in [0.4, 0.5) is 11.8 Å². The van der Waals surface area contributed by atoms with Crippen molar-refractivity contribution in [2.24, 2.45) is 5.73 Å². The summed E-state index contributed by atoms with van der Waals surface area (Å²) in [5.74, 6) is 1.49. The molecule has 7 nitrogen and oxygen atoms in total. The van der Waals surface area contributed by atoms with Gasteiger partial charge in [-0.05, 0) is 51.0 Å². The van der Waals surface area contributed by atoms with Gasteiger partial charge >= 0.3 is 0 Å². The van der Waals surface area contributed by atoms with Crippen LogP contribution in [0.5, 0.6) is 0 Å². The summed E-state index contributed by atoms with van der Waals surface area (Å²) in [5.41, 5.74) is 9.10. The molecule has 180 valence electrons. The fourth-order valence-electron chi connectivity index (χ4n) is 5.01. The summed E-state index contributed by atoms with van der Waals surface area (Å²) < 4.78 is 2.27. The molecule has 0 spiro atoms. The van der Waals surface area contributed by atoms with Gasteiger partial charge in [0, 0.05) is 18.1 Å². The summed E-state index contributed by atoms with van der Waals surface area (Å²) in [5, 5.41) is 7.20. The number of rotatable bonds is 6. The van der Waals surface area contributed by atoms with Crippen molar-refractivity contribution in [1.82, 2.24) is 19.5 Å². The number of hydrogen-bond acceptors (Lipinski definition) is 6. The molecule has 0 aliphatic heterocycles. The molecule has 2 aromatic heterocycles. The largest absolute Gasteiger partial charge is 0.362 e. The average Bonchev–Trinajstić information content (AvgIpc) is 3.46. The van der Waals surface area contributed by atoms with Crippen molar-refractivity contribution in [3.8, 4) is 0 Å². The van der Waals surface area contributed by atoms with Crippen molar-refractivity contribution in [2.75, 3.05) is 10.6 Å². The zero-order chi connectivity index (χ0) is 21.2. The van der Waals surface area contributed by atoms with Crippen molar-refractivity contribution in [3.63, 3.8) is 0 Å². The van der Waals surface area contributed by atoms with E-state index in [1.807, 2.05) is 12.4 Å². The molecule has 1 aromatic carbocycles. The summed E-state index contributed by atoms with van der Waals surface area (Å²) in [6.45, 7) is 2.16. The molecule has 2 saturated carbocycles. The molecule has 2 aliphatic carbocycles. The number of nitrogens with zero attached hydrogens (tertiary/aromatic N) is 4. The Labute approximate surface area is 208 Å². The number of halogens is 2. The Morgan fingerprint density at radius 3 is 2.36 bits per heavy atom. The minimum Gasteiger partial charge on any atom is -0.362 e. The zero-order valence-corrected chi connectivity index (χ0v) is 20.7. The molecule has 5 rings (SSSR count). The Morgan fingerprint density at radius 1 is 0.970 bits per heavy atom. The molecule has 33 heavy (non-hydrogen) atoms. The second-order valence-electron chi connectivity index (χ2n) is 9.19. The maximum Gasteiger partial charge on any atom is 0.227 e. The minimum absolute atomic E-state index is 0. The Balaban J connectivity index is 0.00000153. The fraction of sp³-hybridized carbons (Fsp3) is 0.542. The van der Waals surface area contributed by atoms with Gasteiger partial charge < -0.3 is 20.9 Å². The first-order valence-electron chi connectivity index (χ1n) is 11.8. The van der Waals surface area contributed by atoms with Crippen molar-refractivity contribution in [2.45, 2.75) is 82.5 Å². The molecule has 0 radical (unpaired) electrons. The lowest BCUT2D eigenvalue weighted by atomic mass is 9.92. The number of benzene rings is 1. The molecule has 2 aliphatic rings. The van der Waals surface area contributed by atoms with Gasteiger partial charge in [-0.1, -0.05) is 43.2 Å². The van der Waals surface area contributed by atoms with Crippen molar-refractivity contribution < 1.29 is 0 Å². The molecule has 9 heteroatoms. The van der Waals surface area contributed by atoms with Gasteiger partial charge in [-0.25, -0.2) is 4.98 Å². The summed E-state index contributed by atoms with van der Waals surface area (Å²) in [4.78, 5) is 14.6. The number of hydrogen-bond donors (Lipinski definition) is 3. The molecule has 2 heterocycles. The van der Waals surface area contributed by atoms with E-state index < -0.39 is 0 Å². The summed E-state index contributed by atoms with van der Waals surface area (Å²) in [6, 6.07) is 11.8. The molecule has 0 amide bonds. The zero-order valence-electron chi connectivity index (χ0n) is 19.1. The maximum atomic E-state index is 6.09. The summed E-state index contributed by atoms with van der Waals surface area (Å²) in [6.07, 6.45) is 11.1. The van der Waals surface area contributed by atoms with Crippen molar-refractivity contribution in [1.29, 1.82) is 0 Å². The van der Waals surface area contributed by atoms with E-state index in [0.717, 1.165) is 42.7 Å². The van der Waals surface area contributed by atoms with E-state index in [0.29, 0.717) is 24.1 Å². The number of fused-ring (bicyclic) bond motifs is 1. The molecule has 3 aromatic rings. The Bertz CT molecular complexity index is 1010. The highest BCUT2D eigenvalue weighted by molar-refractivity contribution is 5.86. The van der Waals surface area contributed by atoms with E-state index in [9.17, 15) is 0 Å². The SMILES string of the molecule is C[C@H](Nc1nc(NC2CCC(N)CC2)nc2c1ncn2C1CCCC1)c1ccccc1.Cl.Cl. The van der Waals surface area contributed by atoms with Crippen LogP contribution < -0.4 is 16.4 Å². The van der Waals surface area contributed by atoms with Gasteiger partial charge in [0.2, 0.25) is 5.95 Å². The molecule has 0 saturated heterocycles. The van der Waals surface area contributed by atoms with Gasteiger partial charge in [0.25, 0.3) is 0 Å². The third kappa shape index (κ3) is 5.70. The third-order valence-electron chi connectivity index (χ3n) is 6.90. The quantitative estimate of drug-likeness (QED) is 0.412. The minimum atomic E-state index is 0. The summed E-state index contributed by atoms with van der Waals surface area (Å²) >= 11 is 0. The highest BCUT2D eigenvalue weighted by atomic mass is 35.5. The lowest BCUT2D eigenvalue weighted by molar-refractivity contribution is 0.410. The normalized spacial score (nSPS) is 21.8. The van der Waals surface area contributed by atoms with Crippen LogP contribution in [-0.4, -0.2) is 31.6 Å². The Morgan fingerprint density at radius 2 is 1.67 bits per heavy atom. The van der Waals surface area contributed by atoms with E-state index in [4.69, 9.17) is 20.7 Å². The Kier molecular flexibility index (Phi) is 8.79. The standard InChI is InChI=1S/C24H33N7.2ClH/c1-16(17-7-3-2-4-8-17)27-22-21-23(31(15-26-21)20-9-5-6-10-20)30-24(29-22)28-19-13-11-18(25)12-14-19;;/h2-4,7-8,15-16,18-20H,5-6,9-14,25H2,1H3,(H2,27,28,29,30);2*1H/t16-,18?,19?;;/m0../s1. The topological polar surface area (TPSA) is 93.7 Å². The molecular formula is C24H35Cl2N7. The maximum absolute atomic E-state index is 6.09. The van der Waals surface area contributed by atoms with Crippen LogP contribution in [0, 0.1) is 0 Å². The summed E-state index contributed by atoms with van der Waals surface area (Å²) in [7, 11) is 0. The lowest BCUT2D eigenvalue weighted by Crippen LogP contribution is -2.33. The number of aromatic nitrogens is 4. The Hall–Kier alpha value is -2.09. The first-order chi connectivity index (χ1) is 15.2. The molecular weight excluding hydrogens is 457 g/mol. The van der Waals surface area contributed by atoms with Gasteiger partial charge in [-0.15, -0.1) is 24.8 Å². The smallest absolute Gasteiger partial charge is 0.227 e. The first kappa shape index (κ1) is 25.5. The van der Waals surface area contributed by atoms with Crippen LogP contribution in [0.15, 0.2) is 36.7 Å². The van der Waals surface area contributed by atoms with Crippen molar-refractivity contribution in [3.05, 3.63) is 42.2 Å². The molecule has 0 unspecified atom stereocenters. The van der Waals surface area contributed by atoms with E-state index >= 15 is 0 Å². The number of anilines is 2. The fourth-order valence-corrected chi connectivity index (χ4v) is 5.01. The van der Waals surface area contributed by atoms with Crippen LogP contribution in [0.2, 0.25) is 0 Å². The lowest BCUT2D eigenvalue weighted by Gasteiger charge is -2.27. The predicted octanol–water partition coefficient (Wildman–Crippen LogP) is 5.64. The van der Waals surface area contributed by atoms with Crippen LogP contribution in [0.1, 0.15) is 75.9 Å². The third-order valence-corrected chi connectivity index (χ3v) is 6.90. The highest BCUT2D eigenvalue weighted by Gasteiger charge is 2.24. The van der Waals surface area contributed by atoms with Gasteiger partial charge in [-0.2, -0.15) is 9.97 Å². The van der Waals surface area contributed by atoms with Crippen LogP contribution in [0.3, 0.4) is 0 Å². The van der Waals surface area contributed by atoms with E-state index in [-0.39, 0.29) is 30.9 Å². The van der Waals surface area contributed by atoms with Crippen LogP contribution in [-0.2, 0) is 0 Å². The van der Waals surface area contributed by atoms with Gasteiger partial charge in [-0.3, -0.25) is 0 Å². The van der Waals surface area contributed by atoms with Crippen molar-refractivity contribution >= 4 is 47.7 Å². The van der Waals surface area contributed by atoms with E-state index in [2.05, 4.69) is 46.4 Å². The average molecular weight is 492 g/mol. The van der Waals surface area contributed by atoms with E-state index in [1.165, 1.54) is 31.2 Å². The highest BCUT2D eigenvalue weighted by Crippen LogP contribution is 2.34. The second-order valence-corrected chi connectivity index (χ2v) is 9.19.